The molecule has 0 aliphatic rings. The van der Waals surface area contributed by atoms with Crippen molar-refractivity contribution in [3.05, 3.63) is 45.9 Å². The average molecular weight is 241 g/mol. The third-order valence-corrected chi connectivity index (χ3v) is 2.71. The van der Waals surface area contributed by atoms with Gasteiger partial charge >= 0.3 is 6.18 Å². The first-order valence-electron chi connectivity index (χ1n) is 4.98. The molecule has 17 heavy (non-hydrogen) atoms. The minimum atomic E-state index is -4.39. The Bertz CT molecular complexity index is 640. The SMILES string of the molecule is Cc1cn(C)c(=O)c2ccc(C(F)(F)F)cc12. The number of aryl methyl sites for hydroxylation is 2. The molecule has 2 nitrogen and oxygen atoms in total. The highest BCUT2D eigenvalue weighted by Crippen LogP contribution is 2.31. The van der Waals surface area contributed by atoms with E-state index in [9.17, 15) is 18.0 Å². The number of pyridine rings is 1. The number of hydrogen-bond acceptors (Lipinski definition) is 1. The van der Waals surface area contributed by atoms with E-state index >= 15 is 0 Å². The molecule has 0 radical (unpaired) electrons. The fourth-order valence-corrected chi connectivity index (χ4v) is 1.84. The molecule has 0 unspecified atom stereocenters. The van der Waals surface area contributed by atoms with Gasteiger partial charge in [-0.15, -0.1) is 0 Å². The van der Waals surface area contributed by atoms with E-state index in [-0.39, 0.29) is 5.56 Å². The van der Waals surface area contributed by atoms with Gasteiger partial charge in [0.05, 0.1) is 5.56 Å². The molecular weight excluding hydrogens is 231 g/mol. The highest BCUT2D eigenvalue weighted by atomic mass is 19.4. The minimum Gasteiger partial charge on any atom is -0.318 e. The topological polar surface area (TPSA) is 22.0 Å². The summed E-state index contributed by atoms with van der Waals surface area (Å²) in [4.78, 5) is 11.7. The van der Waals surface area contributed by atoms with E-state index in [0.717, 1.165) is 12.1 Å². The molecule has 0 saturated carbocycles. The van der Waals surface area contributed by atoms with Gasteiger partial charge in [-0.05, 0) is 36.1 Å². The number of alkyl halides is 3. The Balaban J connectivity index is 2.84. The fourth-order valence-electron chi connectivity index (χ4n) is 1.84. The fraction of sp³-hybridized carbons (Fsp3) is 0.250. The zero-order valence-corrected chi connectivity index (χ0v) is 9.30. The number of benzene rings is 1. The zero-order valence-electron chi connectivity index (χ0n) is 9.30. The molecule has 0 bridgehead atoms. The Labute approximate surface area is 95.3 Å². The third kappa shape index (κ3) is 1.92. The molecule has 0 saturated heterocycles. The highest BCUT2D eigenvalue weighted by Gasteiger charge is 2.30. The number of hydrogen-bond donors (Lipinski definition) is 0. The standard InChI is InChI=1S/C12H10F3NO/c1-7-6-16(2)11(17)9-4-3-8(5-10(7)9)12(13,14)15/h3-6H,1-2H3. The summed E-state index contributed by atoms with van der Waals surface area (Å²) in [5.41, 5.74) is -0.381. The van der Waals surface area contributed by atoms with Crippen LogP contribution in [0.4, 0.5) is 13.2 Å². The lowest BCUT2D eigenvalue weighted by molar-refractivity contribution is -0.137. The van der Waals surface area contributed by atoms with Gasteiger partial charge in [-0.2, -0.15) is 13.2 Å². The number of fused-ring (bicyclic) bond motifs is 1. The molecule has 0 aliphatic heterocycles. The number of nitrogens with zero attached hydrogens (tertiary/aromatic N) is 1. The maximum Gasteiger partial charge on any atom is 0.416 e. The molecule has 2 aromatic rings. The Morgan fingerprint density at radius 3 is 2.41 bits per heavy atom. The lowest BCUT2D eigenvalue weighted by Crippen LogP contribution is -2.17. The second-order valence-corrected chi connectivity index (χ2v) is 3.99. The molecule has 0 fully saturated rings. The van der Waals surface area contributed by atoms with Crippen LogP contribution in [0, 0.1) is 6.92 Å². The van der Waals surface area contributed by atoms with Gasteiger partial charge in [-0.1, -0.05) is 0 Å². The maximum atomic E-state index is 12.5. The second-order valence-electron chi connectivity index (χ2n) is 3.99. The summed E-state index contributed by atoms with van der Waals surface area (Å²) in [5.74, 6) is 0. The zero-order chi connectivity index (χ0) is 12.8. The van der Waals surface area contributed by atoms with Gasteiger partial charge in [0.2, 0.25) is 0 Å². The molecule has 0 amide bonds. The summed E-state index contributed by atoms with van der Waals surface area (Å²) in [6.07, 6.45) is -2.85. The van der Waals surface area contributed by atoms with Gasteiger partial charge in [0.1, 0.15) is 0 Å². The van der Waals surface area contributed by atoms with Crippen LogP contribution in [0.1, 0.15) is 11.1 Å². The molecule has 1 aromatic heterocycles. The van der Waals surface area contributed by atoms with Crippen LogP contribution in [0.5, 0.6) is 0 Å². The lowest BCUT2D eigenvalue weighted by Gasteiger charge is -2.10. The Morgan fingerprint density at radius 2 is 1.82 bits per heavy atom. The van der Waals surface area contributed by atoms with Crippen molar-refractivity contribution in [3.8, 4) is 0 Å². The van der Waals surface area contributed by atoms with E-state index in [2.05, 4.69) is 0 Å². The van der Waals surface area contributed by atoms with Gasteiger partial charge in [-0.3, -0.25) is 4.79 Å². The molecule has 90 valence electrons. The Morgan fingerprint density at radius 1 is 1.18 bits per heavy atom. The van der Waals surface area contributed by atoms with Crippen LogP contribution in [-0.2, 0) is 13.2 Å². The molecule has 1 heterocycles. The van der Waals surface area contributed by atoms with Gasteiger partial charge in [0.15, 0.2) is 0 Å². The third-order valence-electron chi connectivity index (χ3n) is 2.71. The van der Waals surface area contributed by atoms with Crippen molar-refractivity contribution in [1.82, 2.24) is 4.57 Å². The summed E-state index contributed by atoms with van der Waals surface area (Å²) in [7, 11) is 1.58. The van der Waals surface area contributed by atoms with E-state index < -0.39 is 11.7 Å². The van der Waals surface area contributed by atoms with Gasteiger partial charge < -0.3 is 4.57 Å². The summed E-state index contributed by atoms with van der Waals surface area (Å²) >= 11 is 0. The molecule has 0 aliphatic carbocycles. The first-order valence-corrected chi connectivity index (χ1v) is 4.98. The van der Waals surface area contributed by atoms with Crippen molar-refractivity contribution in [3.63, 3.8) is 0 Å². The van der Waals surface area contributed by atoms with E-state index in [0.29, 0.717) is 16.3 Å². The molecular formula is C12H10F3NO. The van der Waals surface area contributed by atoms with Gasteiger partial charge in [-0.25, -0.2) is 0 Å². The largest absolute Gasteiger partial charge is 0.416 e. The molecule has 0 N–H and O–H groups in total. The van der Waals surface area contributed by atoms with Crippen LogP contribution < -0.4 is 5.56 Å². The van der Waals surface area contributed by atoms with Crippen LogP contribution in [0.3, 0.4) is 0 Å². The molecule has 1 aromatic carbocycles. The van der Waals surface area contributed by atoms with Crippen molar-refractivity contribution in [1.29, 1.82) is 0 Å². The van der Waals surface area contributed by atoms with Crippen LogP contribution in [-0.4, -0.2) is 4.57 Å². The van der Waals surface area contributed by atoms with Crippen molar-refractivity contribution >= 4 is 10.8 Å². The molecule has 0 atom stereocenters. The van der Waals surface area contributed by atoms with E-state index in [4.69, 9.17) is 0 Å². The monoisotopic (exact) mass is 241 g/mol. The van der Waals surface area contributed by atoms with E-state index in [1.54, 1.807) is 14.0 Å². The van der Waals surface area contributed by atoms with Crippen molar-refractivity contribution in [2.75, 3.05) is 0 Å². The smallest absolute Gasteiger partial charge is 0.318 e. The summed E-state index contributed by atoms with van der Waals surface area (Å²) in [6.45, 7) is 1.68. The van der Waals surface area contributed by atoms with Crippen LogP contribution in [0.15, 0.2) is 29.2 Å². The van der Waals surface area contributed by atoms with Crippen LogP contribution >= 0.6 is 0 Å². The predicted octanol–water partition coefficient (Wildman–Crippen LogP) is 2.87. The summed E-state index contributed by atoms with van der Waals surface area (Å²) < 4.78 is 39.0. The Hall–Kier alpha value is -1.78. The van der Waals surface area contributed by atoms with E-state index in [1.165, 1.54) is 16.8 Å². The number of halogens is 3. The molecule has 5 heteroatoms. The maximum absolute atomic E-state index is 12.5. The second kappa shape index (κ2) is 3.61. The number of aromatic nitrogens is 1. The quantitative estimate of drug-likeness (QED) is 0.695. The summed E-state index contributed by atoms with van der Waals surface area (Å²) in [6, 6.07) is 3.18. The first kappa shape index (κ1) is 11.7. The van der Waals surface area contributed by atoms with Crippen molar-refractivity contribution < 1.29 is 13.2 Å². The first-order chi connectivity index (χ1) is 7.80. The van der Waals surface area contributed by atoms with Gasteiger partial charge in [0.25, 0.3) is 5.56 Å². The summed E-state index contributed by atoms with van der Waals surface area (Å²) in [5, 5.41) is 0.656. The minimum absolute atomic E-state index is 0.292. The van der Waals surface area contributed by atoms with Crippen molar-refractivity contribution in [2.45, 2.75) is 13.1 Å². The molecule has 2 rings (SSSR count). The van der Waals surface area contributed by atoms with Gasteiger partial charge in [0, 0.05) is 18.6 Å². The lowest BCUT2D eigenvalue weighted by atomic mass is 10.0. The van der Waals surface area contributed by atoms with Crippen molar-refractivity contribution in [2.24, 2.45) is 7.05 Å². The average Bonchev–Trinajstić information content (AvgIpc) is 2.24. The van der Waals surface area contributed by atoms with E-state index in [1.807, 2.05) is 0 Å². The van der Waals surface area contributed by atoms with Crippen LogP contribution in [0.2, 0.25) is 0 Å². The normalized spacial score (nSPS) is 12.1. The predicted molar refractivity (Wildman–Crippen MR) is 58.9 cm³/mol. The highest BCUT2D eigenvalue weighted by molar-refractivity contribution is 5.85. The number of rotatable bonds is 0. The Kier molecular flexibility index (Phi) is 2.49. The van der Waals surface area contributed by atoms with Crippen LogP contribution in [0.25, 0.3) is 10.8 Å². The molecule has 0 spiro atoms.